The molecular weight excluding hydrogens is 214 g/mol. The lowest BCUT2D eigenvalue weighted by Gasteiger charge is -2.39. The molecule has 0 saturated carbocycles. The third-order valence-corrected chi connectivity index (χ3v) is 3.64. The molecule has 1 aliphatic rings. The van der Waals surface area contributed by atoms with Crippen LogP contribution in [0.25, 0.3) is 0 Å². The minimum absolute atomic E-state index is 0.0287. The summed E-state index contributed by atoms with van der Waals surface area (Å²) in [7, 11) is 0. The number of carbonyl (C=O) groups excluding carboxylic acids is 1. The summed E-state index contributed by atoms with van der Waals surface area (Å²) >= 11 is 0. The van der Waals surface area contributed by atoms with Gasteiger partial charge in [0, 0.05) is 12.1 Å². The molecule has 0 radical (unpaired) electrons. The maximum atomic E-state index is 11.9. The zero-order valence-corrected chi connectivity index (χ0v) is 11.4. The van der Waals surface area contributed by atoms with Crippen molar-refractivity contribution in [3.63, 3.8) is 0 Å². The Morgan fingerprint density at radius 1 is 1.41 bits per heavy atom. The predicted octanol–water partition coefficient (Wildman–Crippen LogP) is 1.80. The molecule has 0 aromatic carbocycles. The number of nitrogens with zero attached hydrogens (tertiary/aromatic N) is 1. The Hall–Kier alpha value is -0.610. The Kier molecular flexibility index (Phi) is 5.92. The summed E-state index contributed by atoms with van der Waals surface area (Å²) in [5.74, 6) is -0.0287. The van der Waals surface area contributed by atoms with Gasteiger partial charge in [-0.25, -0.2) is 5.01 Å². The van der Waals surface area contributed by atoms with E-state index in [-0.39, 0.29) is 11.9 Å². The highest BCUT2D eigenvalue weighted by atomic mass is 16.2. The van der Waals surface area contributed by atoms with Crippen LogP contribution in [0.2, 0.25) is 0 Å². The van der Waals surface area contributed by atoms with Crippen LogP contribution in [-0.2, 0) is 4.79 Å². The first-order chi connectivity index (χ1) is 8.06. The number of piperidine rings is 1. The quantitative estimate of drug-likeness (QED) is 0.771. The summed E-state index contributed by atoms with van der Waals surface area (Å²) in [6.45, 7) is 6.43. The van der Waals surface area contributed by atoms with Crippen LogP contribution >= 0.6 is 0 Å². The fraction of sp³-hybridized carbons (Fsp3) is 0.923. The minimum atomic E-state index is -0.365. The molecule has 1 saturated heterocycles. The van der Waals surface area contributed by atoms with Crippen molar-refractivity contribution >= 4 is 5.91 Å². The van der Waals surface area contributed by atoms with Gasteiger partial charge in [-0.05, 0) is 33.1 Å². The van der Waals surface area contributed by atoms with Gasteiger partial charge in [0.25, 0.3) is 5.91 Å². The smallest absolute Gasteiger partial charge is 0.251 e. The van der Waals surface area contributed by atoms with Gasteiger partial charge in [0.1, 0.15) is 0 Å². The van der Waals surface area contributed by atoms with Crippen molar-refractivity contribution in [2.24, 2.45) is 5.73 Å². The van der Waals surface area contributed by atoms with Crippen LogP contribution in [0, 0.1) is 0 Å². The highest BCUT2D eigenvalue weighted by Gasteiger charge is 2.27. The Bertz CT molecular complexity index is 235. The topological polar surface area (TPSA) is 58.4 Å². The molecule has 1 fully saturated rings. The molecule has 100 valence electrons. The third-order valence-electron chi connectivity index (χ3n) is 3.64. The fourth-order valence-electron chi connectivity index (χ4n) is 2.41. The van der Waals surface area contributed by atoms with Gasteiger partial charge in [-0.15, -0.1) is 0 Å². The number of hydrogen-bond acceptors (Lipinski definition) is 3. The average molecular weight is 241 g/mol. The molecule has 0 spiro atoms. The Labute approximate surface area is 105 Å². The highest BCUT2D eigenvalue weighted by molar-refractivity contribution is 5.80. The predicted molar refractivity (Wildman–Crippen MR) is 70.3 cm³/mol. The molecule has 3 atom stereocenters. The third kappa shape index (κ3) is 4.28. The normalized spacial score (nSPS) is 27.8. The average Bonchev–Trinajstić information content (AvgIpc) is 2.30. The van der Waals surface area contributed by atoms with Crippen LogP contribution in [0.3, 0.4) is 0 Å². The van der Waals surface area contributed by atoms with Gasteiger partial charge in [0.05, 0.1) is 6.04 Å². The van der Waals surface area contributed by atoms with Crippen LogP contribution in [0.4, 0.5) is 0 Å². The van der Waals surface area contributed by atoms with Gasteiger partial charge in [0.2, 0.25) is 0 Å². The highest BCUT2D eigenvalue weighted by Crippen LogP contribution is 2.20. The van der Waals surface area contributed by atoms with Gasteiger partial charge in [-0.1, -0.05) is 26.2 Å². The van der Waals surface area contributed by atoms with Crippen LogP contribution < -0.4 is 11.2 Å². The molecule has 1 amide bonds. The van der Waals surface area contributed by atoms with Crippen molar-refractivity contribution in [3.05, 3.63) is 0 Å². The lowest BCUT2D eigenvalue weighted by Crippen LogP contribution is -2.57. The van der Waals surface area contributed by atoms with E-state index in [0.29, 0.717) is 12.1 Å². The lowest BCUT2D eigenvalue weighted by molar-refractivity contribution is -0.130. The summed E-state index contributed by atoms with van der Waals surface area (Å²) in [4.78, 5) is 11.9. The second-order valence-electron chi connectivity index (χ2n) is 5.26. The SMILES string of the molecule is CCCC[C@H](N)C(=O)NN1C(C)CCCC1C. The summed E-state index contributed by atoms with van der Waals surface area (Å²) in [5.41, 5.74) is 8.87. The van der Waals surface area contributed by atoms with E-state index in [9.17, 15) is 4.79 Å². The monoisotopic (exact) mass is 241 g/mol. The number of amides is 1. The van der Waals surface area contributed by atoms with E-state index in [1.54, 1.807) is 0 Å². The first-order valence-electron chi connectivity index (χ1n) is 6.90. The van der Waals surface area contributed by atoms with E-state index in [0.717, 1.165) is 32.1 Å². The first kappa shape index (κ1) is 14.5. The number of nitrogens with one attached hydrogen (secondary N) is 1. The fourth-order valence-corrected chi connectivity index (χ4v) is 2.41. The van der Waals surface area contributed by atoms with Crippen LogP contribution in [-0.4, -0.2) is 29.0 Å². The molecule has 0 aromatic heterocycles. The van der Waals surface area contributed by atoms with Crippen molar-refractivity contribution < 1.29 is 4.79 Å². The molecule has 17 heavy (non-hydrogen) atoms. The second-order valence-corrected chi connectivity index (χ2v) is 5.26. The van der Waals surface area contributed by atoms with E-state index < -0.39 is 0 Å². The van der Waals surface area contributed by atoms with E-state index in [4.69, 9.17) is 5.73 Å². The maximum absolute atomic E-state index is 11.9. The number of unbranched alkanes of at least 4 members (excludes halogenated alkanes) is 1. The number of hydrazine groups is 1. The van der Waals surface area contributed by atoms with Gasteiger partial charge in [-0.2, -0.15) is 0 Å². The van der Waals surface area contributed by atoms with Crippen molar-refractivity contribution in [2.75, 3.05) is 0 Å². The van der Waals surface area contributed by atoms with Crippen LogP contribution in [0.1, 0.15) is 59.3 Å². The number of hydrogen-bond donors (Lipinski definition) is 2. The van der Waals surface area contributed by atoms with E-state index in [1.165, 1.54) is 6.42 Å². The standard InChI is InChI=1S/C13H27N3O/c1-4-5-9-12(14)13(17)15-16-10(2)7-6-8-11(16)3/h10-12H,4-9,14H2,1-3H3,(H,15,17)/t10?,11?,12-/m0/s1. The minimum Gasteiger partial charge on any atom is -0.320 e. The Morgan fingerprint density at radius 2 is 2.00 bits per heavy atom. The van der Waals surface area contributed by atoms with Crippen molar-refractivity contribution in [3.8, 4) is 0 Å². The summed E-state index contributed by atoms with van der Waals surface area (Å²) < 4.78 is 0. The largest absolute Gasteiger partial charge is 0.320 e. The molecule has 0 aromatic rings. The Morgan fingerprint density at radius 3 is 2.53 bits per heavy atom. The second kappa shape index (κ2) is 6.97. The number of carbonyl (C=O) groups is 1. The molecular formula is C13H27N3O. The van der Waals surface area contributed by atoms with E-state index in [1.807, 2.05) is 0 Å². The molecule has 4 heteroatoms. The van der Waals surface area contributed by atoms with Crippen LogP contribution in [0.5, 0.6) is 0 Å². The Balaban J connectivity index is 2.43. The maximum Gasteiger partial charge on any atom is 0.251 e. The zero-order valence-electron chi connectivity index (χ0n) is 11.4. The first-order valence-corrected chi connectivity index (χ1v) is 6.90. The van der Waals surface area contributed by atoms with Gasteiger partial charge in [-0.3, -0.25) is 10.2 Å². The molecule has 1 rings (SSSR count). The van der Waals surface area contributed by atoms with Crippen molar-refractivity contribution in [1.82, 2.24) is 10.4 Å². The summed E-state index contributed by atoms with van der Waals surface area (Å²) in [6.07, 6.45) is 6.41. The van der Waals surface area contributed by atoms with Crippen molar-refractivity contribution in [1.29, 1.82) is 0 Å². The molecule has 1 aliphatic heterocycles. The molecule has 1 heterocycles. The van der Waals surface area contributed by atoms with E-state index >= 15 is 0 Å². The van der Waals surface area contributed by atoms with Crippen molar-refractivity contribution in [2.45, 2.75) is 77.4 Å². The summed E-state index contributed by atoms with van der Waals surface area (Å²) in [5, 5.41) is 2.08. The molecule has 0 aliphatic carbocycles. The molecule has 3 N–H and O–H groups in total. The summed E-state index contributed by atoms with van der Waals surface area (Å²) in [6, 6.07) is 0.471. The van der Waals surface area contributed by atoms with Gasteiger partial charge >= 0.3 is 0 Å². The molecule has 4 nitrogen and oxygen atoms in total. The van der Waals surface area contributed by atoms with E-state index in [2.05, 4.69) is 31.2 Å². The molecule has 0 bridgehead atoms. The number of rotatable bonds is 5. The van der Waals surface area contributed by atoms with Gasteiger partial charge in [0.15, 0.2) is 0 Å². The lowest BCUT2D eigenvalue weighted by atomic mass is 10.00. The van der Waals surface area contributed by atoms with Crippen LogP contribution in [0.15, 0.2) is 0 Å². The number of nitrogens with two attached hydrogens (primary N) is 1. The van der Waals surface area contributed by atoms with Gasteiger partial charge < -0.3 is 5.73 Å². The molecule has 2 unspecified atom stereocenters. The zero-order chi connectivity index (χ0) is 12.8.